The molecule has 1 heterocycles. The Morgan fingerprint density at radius 3 is 2.50 bits per heavy atom. The molecule has 3 N–H and O–H groups in total. The Hall–Kier alpha value is -1.42. The Kier molecular flexibility index (Phi) is 3.19. The Bertz CT molecular complexity index is 399. The van der Waals surface area contributed by atoms with Gasteiger partial charge in [0.15, 0.2) is 5.76 Å². The van der Waals surface area contributed by atoms with Crippen LogP contribution < -0.4 is 5.32 Å². The maximum Gasteiger partial charge on any atom is 0.232 e. The topological polar surface area (TPSA) is 52.5 Å². The second kappa shape index (κ2) is 4.19. The molecule has 0 saturated carbocycles. The number of allylic oxidation sites excluding steroid dienone is 1. The van der Waals surface area contributed by atoms with Gasteiger partial charge in [-0.15, -0.1) is 17.0 Å². The Morgan fingerprint density at radius 2 is 1.71 bits per heavy atom. The molecule has 14 heavy (non-hydrogen) atoms. The fraction of sp³-hybridized carbons (Fsp3) is 0. The molecule has 74 valence electrons. The number of hydrogen-bond donors (Lipinski definition) is 3. The number of para-hydroxylation sites is 1. The zero-order chi connectivity index (χ0) is 9.26. The summed E-state index contributed by atoms with van der Waals surface area (Å²) in [6, 6.07) is 7.47. The largest absolute Gasteiger partial charge is 0.503 e. The summed E-state index contributed by atoms with van der Waals surface area (Å²) in [5.74, 6) is -0.377. The molecule has 0 aromatic heterocycles. The molecule has 0 spiro atoms. The first kappa shape index (κ1) is 10.7. The lowest BCUT2D eigenvalue weighted by molar-refractivity contribution is 0.344. The van der Waals surface area contributed by atoms with Crippen molar-refractivity contribution in [3.8, 4) is 0 Å². The summed E-state index contributed by atoms with van der Waals surface area (Å²) < 4.78 is 0. The number of nitrogens with one attached hydrogen (secondary N) is 1. The highest BCUT2D eigenvalue weighted by atomic mass is 79.9. The molecule has 3 nitrogen and oxygen atoms in total. The molecule has 0 atom stereocenters. The van der Waals surface area contributed by atoms with Crippen molar-refractivity contribution in [2.24, 2.45) is 0 Å². The van der Waals surface area contributed by atoms with Gasteiger partial charge in [-0.05, 0) is 23.8 Å². The SMILES string of the molecule is Br.OC1=C(O)Nc2ccccc2C=C1. The second-order valence-corrected chi connectivity index (χ2v) is 2.78. The zero-order valence-corrected chi connectivity index (χ0v) is 8.98. The highest BCUT2D eigenvalue weighted by Gasteiger charge is 2.07. The van der Waals surface area contributed by atoms with Crippen molar-refractivity contribution in [2.75, 3.05) is 5.32 Å². The zero-order valence-electron chi connectivity index (χ0n) is 7.27. The van der Waals surface area contributed by atoms with Crippen LogP contribution in [-0.4, -0.2) is 10.2 Å². The lowest BCUT2D eigenvalue weighted by Gasteiger charge is -2.05. The van der Waals surface area contributed by atoms with Crippen molar-refractivity contribution >= 4 is 28.7 Å². The van der Waals surface area contributed by atoms with Gasteiger partial charge in [-0.2, -0.15) is 0 Å². The molecule has 2 rings (SSSR count). The van der Waals surface area contributed by atoms with E-state index in [1.165, 1.54) is 6.08 Å². The first-order valence-corrected chi connectivity index (χ1v) is 3.94. The van der Waals surface area contributed by atoms with Crippen LogP contribution in [0.3, 0.4) is 0 Å². The van der Waals surface area contributed by atoms with Gasteiger partial charge in [0.2, 0.25) is 5.88 Å². The fourth-order valence-electron chi connectivity index (χ4n) is 1.20. The van der Waals surface area contributed by atoms with Gasteiger partial charge in [-0.3, -0.25) is 0 Å². The van der Waals surface area contributed by atoms with E-state index < -0.39 is 0 Å². The van der Waals surface area contributed by atoms with Gasteiger partial charge in [0.05, 0.1) is 0 Å². The summed E-state index contributed by atoms with van der Waals surface area (Å²) >= 11 is 0. The van der Waals surface area contributed by atoms with Gasteiger partial charge in [-0.25, -0.2) is 0 Å². The highest BCUT2D eigenvalue weighted by Crippen LogP contribution is 2.22. The van der Waals surface area contributed by atoms with Crippen LogP contribution in [-0.2, 0) is 0 Å². The average Bonchev–Trinajstić information content (AvgIpc) is 2.28. The Morgan fingerprint density at radius 1 is 1.00 bits per heavy atom. The number of fused-ring (bicyclic) bond motifs is 1. The van der Waals surface area contributed by atoms with Crippen molar-refractivity contribution < 1.29 is 10.2 Å². The van der Waals surface area contributed by atoms with E-state index in [2.05, 4.69) is 5.32 Å². The van der Waals surface area contributed by atoms with Gasteiger partial charge in [0.1, 0.15) is 0 Å². The minimum absolute atomic E-state index is 0. The predicted molar refractivity (Wildman–Crippen MR) is 61.7 cm³/mol. The number of anilines is 1. The van der Waals surface area contributed by atoms with Crippen LogP contribution in [0.15, 0.2) is 42.0 Å². The number of hydrogen-bond acceptors (Lipinski definition) is 3. The highest BCUT2D eigenvalue weighted by molar-refractivity contribution is 8.93. The van der Waals surface area contributed by atoms with Crippen LogP contribution in [0.1, 0.15) is 5.56 Å². The molecule has 1 aliphatic heterocycles. The summed E-state index contributed by atoms with van der Waals surface area (Å²) in [5.41, 5.74) is 1.71. The van der Waals surface area contributed by atoms with Gasteiger partial charge in [-0.1, -0.05) is 18.2 Å². The predicted octanol–water partition coefficient (Wildman–Crippen LogP) is 2.99. The van der Waals surface area contributed by atoms with E-state index in [9.17, 15) is 10.2 Å². The van der Waals surface area contributed by atoms with E-state index in [4.69, 9.17) is 0 Å². The monoisotopic (exact) mass is 255 g/mol. The van der Waals surface area contributed by atoms with Gasteiger partial charge in [0.25, 0.3) is 0 Å². The summed E-state index contributed by atoms with van der Waals surface area (Å²) in [7, 11) is 0. The first-order valence-electron chi connectivity index (χ1n) is 3.94. The minimum Gasteiger partial charge on any atom is -0.503 e. The van der Waals surface area contributed by atoms with Crippen molar-refractivity contribution in [1.29, 1.82) is 0 Å². The first-order chi connectivity index (χ1) is 6.27. The van der Waals surface area contributed by atoms with Gasteiger partial charge >= 0.3 is 0 Å². The molecule has 0 bridgehead atoms. The molecule has 0 unspecified atom stereocenters. The van der Waals surface area contributed by atoms with Crippen molar-refractivity contribution in [2.45, 2.75) is 0 Å². The van der Waals surface area contributed by atoms with Crippen LogP contribution in [0.5, 0.6) is 0 Å². The minimum atomic E-state index is -0.221. The van der Waals surface area contributed by atoms with E-state index in [1.807, 2.05) is 24.3 Å². The number of aliphatic hydroxyl groups is 2. The Balaban J connectivity index is 0.000000980. The van der Waals surface area contributed by atoms with Crippen molar-refractivity contribution in [3.63, 3.8) is 0 Å². The van der Waals surface area contributed by atoms with E-state index in [1.54, 1.807) is 6.08 Å². The molecule has 0 fully saturated rings. The summed E-state index contributed by atoms with van der Waals surface area (Å²) in [6.45, 7) is 0. The standard InChI is InChI=1S/C10H9NO2.BrH/c12-9-6-5-7-3-1-2-4-8(7)11-10(9)13;/h1-6,11-13H;1H. The van der Waals surface area contributed by atoms with Crippen LogP contribution in [0.2, 0.25) is 0 Å². The van der Waals surface area contributed by atoms with Crippen LogP contribution in [0.25, 0.3) is 6.08 Å². The van der Waals surface area contributed by atoms with E-state index >= 15 is 0 Å². The van der Waals surface area contributed by atoms with Crippen LogP contribution >= 0.6 is 17.0 Å². The molecule has 0 aliphatic carbocycles. The number of rotatable bonds is 0. The third kappa shape index (κ3) is 1.90. The number of aliphatic hydroxyl groups excluding tert-OH is 2. The number of halogens is 1. The quantitative estimate of drug-likeness (QED) is 0.668. The van der Waals surface area contributed by atoms with Gasteiger partial charge in [0, 0.05) is 5.69 Å². The molecule has 0 saturated heterocycles. The molecule has 0 amide bonds. The maximum absolute atomic E-state index is 9.27. The third-order valence-electron chi connectivity index (χ3n) is 1.88. The fourth-order valence-corrected chi connectivity index (χ4v) is 1.20. The summed E-state index contributed by atoms with van der Waals surface area (Å²) in [6.07, 6.45) is 3.19. The summed E-state index contributed by atoms with van der Waals surface area (Å²) in [4.78, 5) is 0. The smallest absolute Gasteiger partial charge is 0.232 e. The maximum atomic E-state index is 9.27. The number of benzene rings is 1. The normalized spacial score (nSPS) is 13.7. The molecule has 1 aromatic carbocycles. The van der Waals surface area contributed by atoms with Crippen molar-refractivity contribution in [3.05, 3.63) is 47.5 Å². The lowest BCUT2D eigenvalue weighted by Crippen LogP contribution is -2.00. The second-order valence-electron chi connectivity index (χ2n) is 2.78. The molecule has 0 radical (unpaired) electrons. The third-order valence-corrected chi connectivity index (χ3v) is 1.88. The molecular weight excluding hydrogens is 246 g/mol. The van der Waals surface area contributed by atoms with E-state index in [-0.39, 0.29) is 28.6 Å². The van der Waals surface area contributed by atoms with Gasteiger partial charge < -0.3 is 15.5 Å². The van der Waals surface area contributed by atoms with Crippen LogP contribution in [0.4, 0.5) is 5.69 Å². The lowest BCUT2D eigenvalue weighted by atomic mass is 10.2. The molecule has 1 aromatic rings. The molecule has 1 aliphatic rings. The molecule has 4 heteroatoms. The van der Waals surface area contributed by atoms with Crippen LogP contribution in [0, 0.1) is 0 Å². The molecular formula is C10H10BrNO2. The van der Waals surface area contributed by atoms with E-state index in [0.29, 0.717) is 0 Å². The van der Waals surface area contributed by atoms with Crippen molar-refractivity contribution in [1.82, 2.24) is 0 Å². The van der Waals surface area contributed by atoms with E-state index in [0.717, 1.165) is 11.3 Å². The average molecular weight is 256 g/mol. The Labute approximate surface area is 92.2 Å². The summed E-state index contributed by atoms with van der Waals surface area (Å²) in [5, 5.41) is 21.2.